The highest BCUT2D eigenvalue weighted by atomic mass is 16.5. The van der Waals surface area contributed by atoms with Gasteiger partial charge in [0, 0.05) is 31.1 Å². The molecule has 4 rings (SSSR count). The summed E-state index contributed by atoms with van der Waals surface area (Å²) in [6.45, 7) is 6.55. The molecule has 3 atom stereocenters. The van der Waals surface area contributed by atoms with E-state index in [-0.39, 0.29) is 5.91 Å². The first-order chi connectivity index (χ1) is 12.1. The van der Waals surface area contributed by atoms with Gasteiger partial charge in [-0.1, -0.05) is 11.2 Å². The van der Waals surface area contributed by atoms with E-state index in [4.69, 9.17) is 9.26 Å². The first kappa shape index (κ1) is 16.2. The Labute approximate surface area is 146 Å². The first-order valence-electron chi connectivity index (χ1n) is 8.70. The SMILES string of the molecule is Cc1cccc(C(=O)N2C[C@@H]3COC[C@@H](Cc4nc(C)no4)[C@H]3C2)n1. The Kier molecular flexibility index (Phi) is 4.25. The molecule has 0 unspecified atom stereocenters. The van der Waals surface area contributed by atoms with Gasteiger partial charge in [0.25, 0.3) is 5.91 Å². The zero-order valence-electron chi connectivity index (χ0n) is 14.5. The third-order valence-electron chi connectivity index (χ3n) is 5.16. The molecule has 7 nitrogen and oxygen atoms in total. The normalized spacial score (nSPS) is 25.8. The molecule has 2 aliphatic heterocycles. The predicted molar refractivity (Wildman–Crippen MR) is 88.9 cm³/mol. The molecule has 1 amide bonds. The Morgan fingerprint density at radius 1 is 1.24 bits per heavy atom. The van der Waals surface area contributed by atoms with Crippen LogP contribution in [0, 0.1) is 31.6 Å². The number of nitrogens with zero attached hydrogens (tertiary/aromatic N) is 4. The van der Waals surface area contributed by atoms with Crippen LogP contribution in [-0.2, 0) is 11.2 Å². The van der Waals surface area contributed by atoms with Crippen molar-refractivity contribution in [2.24, 2.45) is 17.8 Å². The Hall–Kier alpha value is -2.28. The molecule has 0 radical (unpaired) electrons. The number of carbonyl (C=O) groups excluding carboxylic acids is 1. The second-order valence-electron chi connectivity index (χ2n) is 7.04. The second-order valence-corrected chi connectivity index (χ2v) is 7.04. The van der Waals surface area contributed by atoms with E-state index in [0.717, 1.165) is 18.8 Å². The maximum atomic E-state index is 12.8. The maximum Gasteiger partial charge on any atom is 0.272 e. The molecule has 2 saturated heterocycles. The number of aryl methyl sites for hydroxylation is 2. The van der Waals surface area contributed by atoms with E-state index in [0.29, 0.717) is 54.8 Å². The van der Waals surface area contributed by atoms with Crippen LogP contribution >= 0.6 is 0 Å². The fraction of sp³-hybridized carbons (Fsp3) is 0.556. The van der Waals surface area contributed by atoms with Gasteiger partial charge in [-0.2, -0.15) is 4.98 Å². The summed E-state index contributed by atoms with van der Waals surface area (Å²) in [5.41, 5.74) is 1.37. The third kappa shape index (κ3) is 3.28. The van der Waals surface area contributed by atoms with Gasteiger partial charge in [0.1, 0.15) is 5.69 Å². The van der Waals surface area contributed by atoms with Crippen LogP contribution in [0.4, 0.5) is 0 Å². The average molecular weight is 342 g/mol. The van der Waals surface area contributed by atoms with Crippen LogP contribution in [0.2, 0.25) is 0 Å². The zero-order valence-corrected chi connectivity index (χ0v) is 14.5. The van der Waals surface area contributed by atoms with Crippen molar-refractivity contribution in [3.05, 3.63) is 41.3 Å². The fourth-order valence-electron chi connectivity index (χ4n) is 3.95. The van der Waals surface area contributed by atoms with Crippen molar-refractivity contribution in [3.63, 3.8) is 0 Å². The lowest BCUT2D eigenvalue weighted by Gasteiger charge is -2.31. The topological polar surface area (TPSA) is 81.4 Å². The van der Waals surface area contributed by atoms with E-state index in [1.807, 2.05) is 30.9 Å². The number of aromatic nitrogens is 3. The molecule has 132 valence electrons. The summed E-state index contributed by atoms with van der Waals surface area (Å²) in [7, 11) is 0. The predicted octanol–water partition coefficient (Wildman–Crippen LogP) is 1.66. The minimum Gasteiger partial charge on any atom is -0.381 e. The number of ether oxygens (including phenoxy) is 1. The Morgan fingerprint density at radius 3 is 2.88 bits per heavy atom. The number of hydrogen-bond acceptors (Lipinski definition) is 6. The number of fused-ring (bicyclic) bond motifs is 1. The molecule has 2 aromatic heterocycles. The molecule has 2 aliphatic rings. The van der Waals surface area contributed by atoms with Gasteiger partial charge in [-0.05, 0) is 37.8 Å². The number of rotatable bonds is 3. The highest BCUT2D eigenvalue weighted by Crippen LogP contribution is 2.36. The average Bonchev–Trinajstić information content (AvgIpc) is 3.21. The number of amides is 1. The van der Waals surface area contributed by atoms with Crippen LogP contribution < -0.4 is 0 Å². The molecule has 0 bridgehead atoms. The lowest BCUT2D eigenvalue weighted by molar-refractivity contribution is -0.0110. The molecule has 0 spiro atoms. The zero-order chi connectivity index (χ0) is 17.4. The van der Waals surface area contributed by atoms with Crippen molar-refractivity contribution in [2.45, 2.75) is 20.3 Å². The van der Waals surface area contributed by atoms with E-state index in [1.165, 1.54) is 0 Å². The minimum atomic E-state index is 0.00508. The smallest absolute Gasteiger partial charge is 0.272 e. The van der Waals surface area contributed by atoms with Crippen molar-refractivity contribution < 1.29 is 14.1 Å². The molecule has 7 heteroatoms. The van der Waals surface area contributed by atoms with Gasteiger partial charge in [0.2, 0.25) is 5.89 Å². The molecule has 0 saturated carbocycles. The summed E-state index contributed by atoms with van der Waals surface area (Å²) in [5, 5.41) is 3.86. The molecule has 0 aliphatic carbocycles. The van der Waals surface area contributed by atoms with Crippen LogP contribution in [-0.4, -0.2) is 52.2 Å². The Morgan fingerprint density at radius 2 is 2.12 bits per heavy atom. The molecule has 4 heterocycles. The monoisotopic (exact) mass is 342 g/mol. The lowest BCUT2D eigenvalue weighted by Crippen LogP contribution is -2.36. The van der Waals surface area contributed by atoms with Gasteiger partial charge in [0.15, 0.2) is 5.82 Å². The molecular weight excluding hydrogens is 320 g/mol. The van der Waals surface area contributed by atoms with Gasteiger partial charge in [-0.25, -0.2) is 4.98 Å². The summed E-state index contributed by atoms with van der Waals surface area (Å²) in [5.74, 6) is 2.35. The van der Waals surface area contributed by atoms with Crippen molar-refractivity contribution in [3.8, 4) is 0 Å². The lowest BCUT2D eigenvalue weighted by atomic mass is 9.81. The van der Waals surface area contributed by atoms with E-state index < -0.39 is 0 Å². The standard InChI is InChI=1S/C18H22N4O3/c1-11-4-3-5-16(19-11)18(23)22-7-14-10-24-9-13(15(14)8-22)6-17-20-12(2)21-25-17/h3-5,13-15H,6-10H2,1-2H3/t13-,14-,15-/m1/s1. The summed E-state index contributed by atoms with van der Waals surface area (Å²) in [6, 6.07) is 5.56. The maximum absolute atomic E-state index is 12.8. The van der Waals surface area contributed by atoms with Crippen molar-refractivity contribution in [1.82, 2.24) is 20.0 Å². The van der Waals surface area contributed by atoms with E-state index in [2.05, 4.69) is 15.1 Å². The summed E-state index contributed by atoms with van der Waals surface area (Å²) in [6.07, 6.45) is 0.701. The van der Waals surface area contributed by atoms with Crippen molar-refractivity contribution >= 4 is 5.91 Å². The highest BCUT2D eigenvalue weighted by Gasteiger charge is 2.43. The van der Waals surface area contributed by atoms with Gasteiger partial charge in [-0.15, -0.1) is 0 Å². The van der Waals surface area contributed by atoms with Crippen LogP contribution in [0.5, 0.6) is 0 Å². The minimum absolute atomic E-state index is 0.00508. The Balaban J connectivity index is 1.47. The van der Waals surface area contributed by atoms with E-state index >= 15 is 0 Å². The van der Waals surface area contributed by atoms with E-state index in [9.17, 15) is 4.79 Å². The molecule has 2 fully saturated rings. The summed E-state index contributed by atoms with van der Waals surface area (Å²) >= 11 is 0. The van der Waals surface area contributed by atoms with Crippen LogP contribution in [0.3, 0.4) is 0 Å². The third-order valence-corrected chi connectivity index (χ3v) is 5.16. The van der Waals surface area contributed by atoms with Gasteiger partial charge in [-0.3, -0.25) is 4.79 Å². The largest absolute Gasteiger partial charge is 0.381 e. The van der Waals surface area contributed by atoms with Crippen molar-refractivity contribution in [2.75, 3.05) is 26.3 Å². The number of likely N-dealkylation sites (tertiary alicyclic amines) is 1. The highest BCUT2D eigenvalue weighted by molar-refractivity contribution is 5.92. The van der Waals surface area contributed by atoms with Gasteiger partial charge < -0.3 is 14.2 Å². The van der Waals surface area contributed by atoms with Crippen LogP contribution in [0.15, 0.2) is 22.7 Å². The van der Waals surface area contributed by atoms with Gasteiger partial charge in [0.05, 0.1) is 13.2 Å². The van der Waals surface area contributed by atoms with Crippen LogP contribution in [0.1, 0.15) is 27.9 Å². The number of carbonyl (C=O) groups is 1. The van der Waals surface area contributed by atoms with Gasteiger partial charge >= 0.3 is 0 Å². The number of pyridine rings is 1. The van der Waals surface area contributed by atoms with Crippen LogP contribution in [0.25, 0.3) is 0 Å². The Bertz CT molecular complexity index is 775. The molecule has 25 heavy (non-hydrogen) atoms. The molecule has 0 N–H and O–H groups in total. The van der Waals surface area contributed by atoms with E-state index in [1.54, 1.807) is 6.07 Å². The summed E-state index contributed by atoms with van der Waals surface area (Å²) in [4.78, 5) is 23.4. The fourth-order valence-corrected chi connectivity index (χ4v) is 3.95. The molecular formula is C18H22N4O3. The second kappa shape index (κ2) is 6.55. The first-order valence-corrected chi connectivity index (χ1v) is 8.70. The quantitative estimate of drug-likeness (QED) is 0.844. The summed E-state index contributed by atoms with van der Waals surface area (Å²) < 4.78 is 11.0. The molecule has 0 aromatic carbocycles. The van der Waals surface area contributed by atoms with Crippen molar-refractivity contribution in [1.29, 1.82) is 0 Å². The number of hydrogen-bond donors (Lipinski definition) is 0. The molecule has 2 aromatic rings.